The first-order chi connectivity index (χ1) is 12.2. The third-order valence-electron chi connectivity index (χ3n) is 4.03. The number of hydrogen-bond donors (Lipinski definition) is 0. The fourth-order valence-electron chi connectivity index (χ4n) is 2.63. The van der Waals surface area contributed by atoms with Gasteiger partial charge in [0.05, 0.1) is 6.54 Å². The quantitative estimate of drug-likeness (QED) is 0.654. The minimum Gasteiger partial charge on any atom is -0.427 e. The Morgan fingerprint density at radius 1 is 1.27 bits per heavy atom. The lowest BCUT2D eigenvalue weighted by Crippen LogP contribution is -2.43. The summed E-state index contributed by atoms with van der Waals surface area (Å²) in [5.41, 5.74) is 0.214. The number of ketones is 2. The maximum Gasteiger partial charge on any atom is 0.475 e. The van der Waals surface area contributed by atoms with Crippen molar-refractivity contribution in [3.05, 3.63) is 34.6 Å². The van der Waals surface area contributed by atoms with Gasteiger partial charge in [0, 0.05) is 23.7 Å². The van der Waals surface area contributed by atoms with Crippen molar-refractivity contribution < 1.29 is 31.9 Å². The molecule has 2 aliphatic heterocycles. The van der Waals surface area contributed by atoms with E-state index in [9.17, 15) is 27.2 Å². The standard InChI is InChI=1S/C16H14F4N2O3S/c17-15(18)16(19,20)26-14-8-9(3-6-13(14)25-15)11(23)4-5-12(24)10-2-1-7-21-22-10/h2-3,6,9H,1,4-5,7-8H2. The Hall–Kier alpha value is -1.97. The lowest BCUT2D eigenvalue weighted by molar-refractivity contribution is -0.297. The molecule has 1 atom stereocenters. The predicted octanol–water partition coefficient (Wildman–Crippen LogP) is 4.38. The first-order valence-corrected chi connectivity index (χ1v) is 8.70. The fourth-order valence-corrected chi connectivity index (χ4v) is 3.57. The van der Waals surface area contributed by atoms with Crippen LogP contribution in [0.2, 0.25) is 0 Å². The van der Waals surface area contributed by atoms with Crippen LogP contribution in [0.15, 0.2) is 44.8 Å². The van der Waals surface area contributed by atoms with Gasteiger partial charge in [0.25, 0.3) is 0 Å². The summed E-state index contributed by atoms with van der Waals surface area (Å²) in [4.78, 5) is 24.1. The van der Waals surface area contributed by atoms with E-state index >= 15 is 0 Å². The molecular formula is C16H14F4N2O3S. The summed E-state index contributed by atoms with van der Waals surface area (Å²) >= 11 is -0.288. The SMILES string of the molecule is O=C(CCC(=O)C1C=CC2=C(C1)SC(F)(F)C(F)(F)O2)C1=CCCN=N1. The summed E-state index contributed by atoms with van der Waals surface area (Å²) in [5, 5.41) is 3.08. The Morgan fingerprint density at radius 3 is 2.73 bits per heavy atom. The van der Waals surface area contributed by atoms with Crippen molar-refractivity contribution in [3.8, 4) is 0 Å². The van der Waals surface area contributed by atoms with E-state index < -0.39 is 17.3 Å². The van der Waals surface area contributed by atoms with Gasteiger partial charge in [0.2, 0.25) is 0 Å². The summed E-state index contributed by atoms with van der Waals surface area (Å²) in [7, 11) is 0. The minimum absolute atomic E-state index is 0.0716. The molecule has 1 aliphatic carbocycles. The van der Waals surface area contributed by atoms with Crippen LogP contribution in [-0.2, 0) is 14.3 Å². The first kappa shape index (κ1) is 18.8. The zero-order valence-corrected chi connectivity index (χ0v) is 14.2. The number of rotatable bonds is 5. The second-order valence-electron chi connectivity index (χ2n) is 5.93. The number of ether oxygens (including phenoxy) is 1. The van der Waals surface area contributed by atoms with Gasteiger partial charge in [-0.2, -0.15) is 27.8 Å². The van der Waals surface area contributed by atoms with Crippen LogP contribution in [0.1, 0.15) is 25.7 Å². The molecule has 0 amide bonds. The number of Topliss-reactive ketones (excluding diaryl/α,β-unsaturated/α-hetero) is 2. The molecule has 5 nitrogen and oxygen atoms in total. The highest BCUT2D eigenvalue weighted by Crippen LogP contribution is 2.55. The summed E-state index contributed by atoms with van der Waals surface area (Å²) in [6.45, 7) is 0.517. The number of thioether (sulfide) groups is 1. The van der Waals surface area contributed by atoms with Crippen molar-refractivity contribution in [2.45, 2.75) is 37.0 Å². The van der Waals surface area contributed by atoms with Gasteiger partial charge in [-0.05, 0) is 30.7 Å². The molecule has 0 radical (unpaired) electrons. The third-order valence-corrected chi connectivity index (χ3v) is 5.14. The Balaban J connectivity index is 1.59. The molecular weight excluding hydrogens is 376 g/mol. The normalized spacial score (nSPS) is 26.0. The van der Waals surface area contributed by atoms with Gasteiger partial charge in [0.15, 0.2) is 5.78 Å². The lowest BCUT2D eigenvalue weighted by Gasteiger charge is -2.34. The Labute approximate surface area is 150 Å². The van der Waals surface area contributed by atoms with Crippen LogP contribution >= 0.6 is 11.8 Å². The number of alkyl halides is 4. The second kappa shape index (κ2) is 6.98. The van der Waals surface area contributed by atoms with E-state index in [1.165, 1.54) is 6.08 Å². The summed E-state index contributed by atoms with van der Waals surface area (Å²) in [6, 6.07) is 0. The highest BCUT2D eigenvalue weighted by molar-refractivity contribution is 8.04. The van der Waals surface area contributed by atoms with Crippen LogP contribution < -0.4 is 0 Å². The van der Waals surface area contributed by atoms with Crippen LogP contribution in [-0.4, -0.2) is 29.5 Å². The average molecular weight is 390 g/mol. The molecule has 0 saturated heterocycles. The van der Waals surface area contributed by atoms with E-state index in [2.05, 4.69) is 15.0 Å². The number of halogens is 4. The van der Waals surface area contributed by atoms with Crippen LogP contribution in [0, 0.1) is 5.92 Å². The molecule has 0 aromatic rings. The van der Waals surface area contributed by atoms with Gasteiger partial charge in [-0.1, -0.05) is 12.2 Å². The van der Waals surface area contributed by atoms with Gasteiger partial charge >= 0.3 is 11.4 Å². The van der Waals surface area contributed by atoms with Gasteiger partial charge in [0.1, 0.15) is 17.2 Å². The maximum absolute atomic E-state index is 13.4. The molecule has 0 N–H and O–H groups in total. The third kappa shape index (κ3) is 3.74. The summed E-state index contributed by atoms with van der Waals surface area (Å²) in [5.74, 6) is -1.76. The largest absolute Gasteiger partial charge is 0.475 e. The van der Waals surface area contributed by atoms with Crippen molar-refractivity contribution in [1.29, 1.82) is 0 Å². The predicted molar refractivity (Wildman–Crippen MR) is 84.5 cm³/mol. The van der Waals surface area contributed by atoms with Crippen molar-refractivity contribution in [3.63, 3.8) is 0 Å². The van der Waals surface area contributed by atoms with Crippen LogP contribution in [0.4, 0.5) is 17.6 Å². The zero-order chi connectivity index (χ0) is 18.9. The van der Waals surface area contributed by atoms with Crippen molar-refractivity contribution in [1.82, 2.24) is 0 Å². The molecule has 140 valence electrons. The number of hydrogen-bond acceptors (Lipinski definition) is 6. The molecule has 26 heavy (non-hydrogen) atoms. The fraction of sp³-hybridized carbons (Fsp3) is 0.500. The number of azo groups is 1. The molecule has 10 heteroatoms. The van der Waals surface area contributed by atoms with E-state index in [0.717, 1.165) is 6.08 Å². The molecule has 1 unspecified atom stereocenters. The minimum atomic E-state index is -4.60. The van der Waals surface area contributed by atoms with Gasteiger partial charge in [-0.25, -0.2) is 0 Å². The topological polar surface area (TPSA) is 68.1 Å². The van der Waals surface area contributed by atoms with E-state index in [4.69, 9.17) is 0 Å². The van der Waals surface area contributed by atoms with E-state index in [1.807, 2.05) is 0 Å². The highest BCUT2D eigenvalue weighted by atomic mass is 32.2. The Morgan fingerprint density at radius 2 is 2.04 bits per heavy atom. The summed E-state index contributed by atoms with van der Waals surface area (Å²) < 4.78 is 57.3. The van der Waals surface area contributed by atoms with Crippen LogP contribution in [0.25, 0.3) is 0 Å². The zero-order valence-electron chi connectivity index (χ0n) is 13.4. The molecule has 0 fully saturated rings. The number of carbonyl (C=O) groups excluding carboxylic acids is 2. The molecule has 0 bridgehead atoms. The van der Waals surface area contributed by atoms with E-state index in [-0.39, 0.29) is 59.0 Å². The highest BCUT2D eigenvalue weighted by Gasteiger charge is 2.63. The molecule has 2 heterocycles. The molecule has 0 aromatic carbocycles. The molecule has 0 saturated carbocycles. The average Bonchev–Trinajstić information content (AvgIpc) is 2.60. The number of allylic oxidation sites excluding steroid dienone is 4. The van der Waals surface area contributed by atoms with Crippen molar-refractivity contribution in [2.75, 3.05) is 6.54 Å². The molecule has 3 rings (SSSR count). The monoisotopic (exact) mass is 390 g/mol. The number of carbonyl (C=O) groups is 2. The van der Waals surface area contributed by atoms with Crippen molar-refractivity contribution >= 4 is 23.3 Å². The first-order valence-electron chi connectivity index (χ1n) is 7.88. The molecule has 0 spiro atoms. The van der Waals surface area contributed by atoms with Gasteiger partial charge < -0.3 is 4.74 Å². The van der Waals surface area contributed by atoms with Gasteiger partial charge in [-0.3, -0.25) is 9.59 Å². The van der Waals surface area contributed by atoms with Crippen LogP contribution in [0.5, 0.6) is 0 Å². The molecule has 0 aromatic heterocycles. The van der Waals surface area contributed by atoms with E-state index in [0.29, 0.717) is 13.0 Å². The second-order valence-corrected chi connectivity index (χ2v) is 7.14. The van der Waals surface area contributed by atoms with Crippen LogP contribution in [0.3, 0.4) is 0 Å². The van der Waals surface area contributed by atoms with Crippen molar-refractivity contribution in [2.24, 2.45) is 16.1 Å². The molecule has 3 aliphatic rings. The summed E-state index contributed by atoms with van der Waals surface area (Å²) in [6.07, 6.45) is -0.224. The number of nitrogens with zero attached hydrogens (tertiary/aromatic N) is 2. The Bertz CT molecular complexity index is 759. The van der Waals surface area contributed by atoms with Gasteiger partial charge in [-0.15, -0.1) is 0 Å². The maximum atomic E-state index is 13.4. The van der Waals surface area contributed by atoms with E-state index in [1.54, 1.807) is 6.08 Å². The smallest absolute Gasteiger partial charge is 0.427 e. The lowest BCUT2D eigenvalue weighted by atomic mass is 9.92. The Kier molecular flexibility index (Phi) is 5.05.